The first kappa shape index (κ1) is 15.0. The van der Waals surface area contributed by atoms with Crippen LogP contribution in [0.3, 0.4) is 0 Å². The summed E-state index contributed by atoms with van der Waals surface area (Å²) in [5.74, 6) is -0.0499. The van der Waals surface area contributed by atoms with Crippen LogP contribution in [0.4, 0.5) is 11.4 Å². The highest BCUT2D eigenvalue weighted by atomic mass is 79.9. The van der Waals surface area contributed by atoms with Crippen molar-refractivity contribution in [2.24, 2.45) is 11.7 Å². The summed E-state index contributed by atoms with van der Waals surface area (Å²) in [6.45, 7) is 3.86. The van der Waals surface area contributed by atoms with E-state index in [4.69, 9.17) is 5.73 Å². The molecule has 0 aromatic heterocycles. The van der Waals surface area contributed by atoms with E-state index in [1.807, 2.05) is 51.0 Å². The molecule has 1 aromatic carbocycles. The number of nitrogens with two attached hydrogens (primary N) is 1. The standard InChI is InChI=1S/C13H20BrN3O/c1-8(2)12(15)13(18)16-10-7-9(14)5-6-11(10)17(3)4/h5-8,12H,15H2,1-4H3,(H,16,18). The smallest absolute Gasteiger partial charge is 0.241 e. The van der Waals surface area contributed by atoms with Crippen molar-refractivity contribution in [1.29, 1.82) is 0 Å². The number of carbonyl (C=O) groups excluding carboxylic acids is 1. The summed E-state index contributed by atoms with van der Waals surface area (Å²) in [4.78, 5) is 13.9. The van der Waals surface area contributed by atoms with Crippen molar-refractivity contribution in [3.63, 3.8) is 0 Å². The second kappa shape index (κ2) is 6.20. The molecule has 1 rings (SSSR count). The Labute approximate surface area is 117 Å². The second-order valence-corrected chi connectivity index (χ2v) is 5.73. The molecule has 0 fully saturated rings. The molecule has 1 unspecified atom stereocenters. The van der Waals surface area contributed by atoms with Gasteiger partial charge in [-0.3, -0.25) is 4.79 Å². The lowest BCUT2D eigenvalue weighted by Crippen LogP contribution is -2.40. The van der Waals surface area contributed by atoms with Gasteiger partial charge < -0.3 is 16.0 Å². The first-order chi connectivity index (χ1) is 8.32. The maximum Gasteiger partial charge on any atom is 0.241 e. The van der Waals surface area contributed by atoms with Crippen LogP contribution in [0, 0.1) is 5.92 Å². The predicted molar refractivity (Wildman–Crippen MR) is 79.9 cm³/mol. The van der Waals surface area contributed by atoms with Gasteiger partial charge in [-0.15, -0.1) is 0 Å². The van der Waals surface area contributed by atoms with Crippen LogP contribution in [0.1, 0.15) is 13.8 Å². The monoisotopic (exact) mass is 313 g/mol. The van der Waals surface area contributed by atoms with Gasteiger partial charge in [0.1, 0.15) is 0 Å². The molecule has 0 heterocycles. The Balaban J connectivity index is 2.96. The molecule has 1 amide bonds. The van der Waals surface area contributed by atoms with Gasteiger partial charge >= 0.3 is 0 Å². The fraction of sp³-hybridized carbons (Fsp3) is 0.462. The fourth-order valence-corrected chi connectivity index (χ4v) is 1.88. The lowest BCUT2D eigenvalue weighted by Gasteiger charge is -2.21. The minimum atomic E-state index is -0.501. The van der Waals surface area contributed by atoms with E-state index in [2.05, 4.69) is 21.2 Å². The average Bonchev–Trinajstić information content (AvgIpc) is 2.27. The molecule has 0 saturated carbocycles. The van der Waals surface area contributed by atoms with E-state index in [0.717, 1.165) is 15.8 Å². The number of halogens is 1. The van der Waals surface area contributed by atoms with E-state index >= 15 is 0 Å². The number of amides is 1. The first-order valence-corrected chi connectivity index (χ1v) is 6.65. The minimum absolute atomic E-state index is 0.111. The Morgan fingerprint density at radius 1 is 1.39 bits per heavy atom. The zero-order chi connectivity index (χ0) is 13.9. The van der Waals surface area contributed by atoms with Crippen molar-refractivity contribution in [1.82, 2.24) is 0 Å². The topological polar surface area (TPSA) is 58.4 Å². The van der Waals surface area contributed by atoms with Crippen molar-refractivity contribution in [2.45, 2.75) is 19.9 Å². The Kier molecular flexibility index (Phi) is 5.16. The maximum absolute atomic E-state index is 12.0. The van der Waals surface area contributed by atoms with Crippen LogP contribution in [0.25, 0.3) is 0 Å². The summed E-state index contributed by atoms with van der Waals surface area (Å²) in [5, 5.41) is 2.88. The molecule has 0 bridgehead atoms. The van der Waals surface area contributed by atoms with E-state index in [1.54, 1.807) is 0 Å². The van der Waals surface area contributed by atoms with Crippen molar-refractivity contribution in [3.05, 3.63) is 22.7 Å². The molecule has 1 atom stereocenters. The average molecular weight is 314 g/mol. The third-order valence-corrected chi connectivity index (χ3v) is 3.21. The van der Waals surface area contributed by atoms with Gasteiger partial charge in [0.2, 0.25) is 5.91 Å². The molecule has 18 heavy (non-hydrogen) atoms. The number of nitrogens with one attached hydrogen (secondary N) is 1. The van der Waals surface area contributed by atoms with Gasteiger partial charge in [0.05, 0.1) is 17.4 Å². The highest BCUT2D eigenvalue weighted by molar-refractivity contribution is 9.10. The van der Waals surface area contributed by atoms with Crippen molar-refractivity contribution in [3.8, 4) is 0 Å². The zero-order valence-corrected chi connectivity index (χ0v) is 12.8. The van der Waals surface area contributed by atoms with Crippen LogP contribution in [0.5, 0.6) is 0 Å². The molecule has 0 spiro atoms. The van der Waals surface area contributed by atoms with Crippen molar-refractivity contribution in [2.75, 3.05) is 24.3 Å². The van der Waals surface area contributed by atoms with E-state index < -0.39 is 6.04 Å². The van der Waals surface area contributed by atoms with Gasteiger partial charge in [0, 0.05) is 18.6 Å². The van der Waals surface area contributed by atoms with E-state index in [-0.39, 0.29) is 11.8 Å². The van der Waals surface area contributed by atoms with Crippen LogP contribution in [0.2, 0.25) is 0 Å². The molecule has 0 saturated heterocycles. The number of anilines is 2. The van der Waals surface area contributed by atoms with Crippen molar-refractivity contribution >= 4 is 33.2 Å². The van der Waals surface area contributed by atoms with E-state index in [1.165, 1.54) is 0 Å². The highest BCUT2D eigenvalue weighted by Gasteiger charge is 2.18. The maximum atomic E-state index is 12.0. The summed E-state index contributed by atoms with van der Waals surface area (Å²) in [6, 6.07) is 5.26. The zero-order valence-electron chi connectivity index (χ0n) is 11.2. The van der Waals surface area contributed by atoms with Crippen LogP contribution >= 0.6 is 15.9 Å². The highest BCUT2D eigenvalue weighted by Crippen LogP contribution is 2.28. The summed E-state index contributed by atoms with van der Waals surface area (Å²) < 4.78 is 0.918. The number of benzene rings is 1. The number of rotatable bonds is 4. The van der Waals surface area contributed by atoms with Gasteiger partial charge in [0.15, 0.2) is 0 Å². The quantitative estimate of drug-likeness (QED) is 0.897. The lowest BCUT2D eigenvalue weighted by atomic mass is 10.0. The molecule has 4 nitrogen and oxygen atoms in total. The largest absolute Gasteiger partial charge is 0.376 e. The molecular formula is C13H20BrN3O. The van der Waals surface area contributed by atoms with Gasteiger partial charge in [0.25, 0.3) is 0 Å². The molecule has 0 radical (unpaired) electrons. The van der Waals surface area contributed by atoms with Crippen LogP contribution in [-0.2, 0) is 4.79 Å². The molecule has 5 heteroatoms. The molecule has 0 aliphatic carbocycles. The Morgan fingerprint density at radius 2 is 2.00 bits per heavy atom. The molecule has 0 aliphatic rings. The summed E-state index contributed by atoms with van der Waals surface area (Å²) >= 11 is 3.40. The lowest BCUT2D eigenvalue weighted by molar-refractivity contribution is -0.118. The fourth-order valence-electron chi connectivity index (χ4n) is 1.52. The number of hydrogen-bond acceptors (Lipinski definition) is 3. The molecular weight excluding hydrogens is 294 g/mol. The SMILES string of the molecule is CC(C)C(N)C(=O)Nc1cc(Br)ccc1N(C)C. The molecule has 1 aromatic rings. The van der Waals surface area contributed by atoms with Gasteiger partial charge in [-0.1, -0.05) is 29.8 Å². The normalized spacial score (nSPS) is 12.4. The third-order valence-electron chi connectivity index (χ3n) is 2.72. The second-order valence-electron chi connectivity index (χ2n) is 4.81. The van der Waals surface area contributed by atoms with Gasteiger partial charge in [-0.05, 0) is 24.1 Å². The number of carbonyl (C=O) groups is 1. The summed E-state index contributed by atoms with van der Waals surface area (Å²) in [7, 11) is 3.86. The van der Waals surface area contributed by atoms with Gasteiger partial charge in [-0.25, -0.2) is 0 Å². The molecule has 100 valence electrons. The number of hydrogen-bond donors (Lipinski definition) is 2. The Hall–Kier alpha value is -1.07. The first-order valence-electron chi connectivity index (χ1n) is 5.86. The van der Waals surface area contributed by atoms with Crippen LogP contribution in [-0.4, -0.2) is 26.0 Å². The Bertz CT molecular complexity index is 432. The molecule has 0 aliphatic heterocycles. The van der Waals surface area contributed by atoms with Crippen molar-refractivity contribution < 1.29 is 4.79 Å². The third kappa shape index (κ3) is 3.71. The summed E-state index contributed by atoms with van der Waals surface area (Å²) in [5.41, 5.74) is 7.54. The van der Waals surface area contributed by atoms with Crippen LogP contribution in [0.15, 0.2) is 22.7 Å². The molecule has 3 N–H and O–H groups in total. The van der Waals surface area contributed by atoms with E-state index in [0.29, 0.717) is 0 Å². The number of nitrogens with zero attached hydrogens (tertiary/aromatic N) is 1. The minimum Gasteiger partial charge on any atom is -0.376 e. The Morgan fingerprint density at radius 3 is 2.50 bits per heavy atom. The van der Waals surface area contributed by atoms with Gasteiger partial charge in [-0.2, -0.15) is 0 Å². The summed E-state index contributed by atoms with van der Waals surface area (Å²) in [6.07, 6.45) is 0. The van der Waals surface area contributed by atoms with E-state index in [9.17, 15) is 4.79 Å². The predicted octanol–water partition coefficient (Wildman–Crippen LogP) is 2.44. The van der Waals surface area contributed by atoms with Crippen LogP contribution < -0.4 is 16.0 Å².